The van der Waals surface area contributed by atoms with Gasteiger partial charge in [-0.15, -0.1) is 24.8 Å². The predicted molar refractivity (Wildman–Crippen MR) is 93.4 cm³/mol. The standard InChI is InChI=1S/C16H19N3O.2ClH/c1-12-7-8-14(10-18-12)11-19-16(20)15(17)9-13-5-3-2-4-6-13;;/h2-8,10,15H,9,11,17H2,1H3,(H,19,20);2*1H/t15-;;/m0../s1. The fourth-order valence-corrected chi connectivity index (χ4v) is 1.88. The van der Waals surface area contributed by atoms with E-state index in [-0.39, 0.29) is 30.7 Å². The average molecular weight is 342 g/mol. The number of nitrogens with one attached hydrogen (secondary N) is 1. The number of aryl methyl sites for hydroxylation is 1. The van der Waals surface area contributed by atoms with Crippen LogP contribution >= 0.6 is 24.8 Å². The van der Waals surface area contributed by atoms with E-state index >= 15 is 0 Å². The number of nitrogens with two attached hydrogens (primary N) is 1. The molecule has 0 saturated carbocycles. The molecule has 6 heteroatoms. The van der Waals surface area contributed by atoms with Crippen molar-refractivity contribution in [3.63, 3.8) is 0 Å². The minimum Gasteiger partial charge on any atom is -0.351 e. The van der Waals surface area contributed by atoms with Gasteiger partial charge in [0.25, 0.3) is 0 Å². The van der Waals surface area contributed by atoms with Crippen molar-refractivity contribution in [2.24, 2.45) is 5.73 Å². The summed E-state index contributed by atoms with van der Waals surface area (Å²) in [6.07, 6.45) is 2.30. The first-order valence-electron chi connectivity index (χ1n) is 6.64. The number of pyridine rings is 1. The van der Waals surface area contributed by atoms with Gasteiger partial charge in [0.15, 0.2) is 0 Å². The van der Waals surface area contributed by atoms with Crippen LogP contribution in [0.1, 0.15) is 16.8 Å². The molecule has 1 aromatic carbocycles. The fraction of sp³-hybridized carbons (Fsp3) is 0.250. The topological polar surface area (TPSA) is 68.0 Å². The number of halogens is 2. The van der Waals surface area contributed by atoms with Crippen LogP contribution in [0.2, 0.25) is 0 Å². The number of aromatic nitrogens is 1. The Hall–Kier alpha value is -1.62. The molecular weight excluding hydrogens is 321 g/mol. The number of carbonyl (C=O) groups excluding carboxylic acids is 1. The van der Waals surface area contributed by atoms with Crippen molar-refractivity contribution in [3.05, 3.63) is 65.5 Å². The molecule has 3 N–H and O–H groups in total. The van der Waals surface area contributed by atoms with Crippen molar-refractivity contribution in [2.45, 2.75) is 25.9 Å². The Morgan fingerprint density at radius 2 is 1.82 bits per heavy atom. The molecule has 0 fully saturated rings. The summed E-state index contributed by atoms with van der Waals surface area (Å²) < 4.78 is 0. The Balaban J connectivity index is 0.00000220. The molecule has 0 unspecified atom stereocenters. The lowest BCUT2D eigenvalue weighted by atomic mass is 10.1. The smallest absolute Gasteiger partial charge is 0.237 e. The molecule has 1 heterocycles. The minimum atomic E-state index is -0.532. The second-order valence-electron chi connectivity index (χ2n) is 4.82. The largest absolute Gasteiger partial charge is 0.351 e. The number of hydrogen-bond acceptors (Lipinski definition) is 3. The van der Waals surface area contributed by atoms with Crippen molar-refractivity contribution in [1.82, 2.24) is 10.3 Å². The maximum atomic E-state index is 11.9. The predicted octanol–water partition coefficient (Wildman–Crippen LogP) is 2.42. The summed E-state index contributed by atoms with van der Waals surface area (Å²) in [5.74, 6) is -0.144. The maximum absolute atomic E-state index is 11.9. The summed E-state index contributed by atoms with van der Waals surface area (Å²) in [5, 5.41) is 2.83. The first kappa shape index (κ1) is 20.4. The number of rotatable bonds is 5. The van der Waals surface area contributed by atoms with Gasteiger partial charge >= 0.3 is 0 Å². The van der Waals surface area contributed by atoms with Gasteiger partial charge in [-0.2, -0.15) is 0 Å². The SMILES string of the molecule is Cc1ccc(CNC(=O)[C@@H](N)Cc2ccccc2)cn1.Cl.Cl. The van der Waals surface area contributed by atoms with E-state index in [9.17, 15) is 4.79 Å². The van der Waals surface area contributed by atoms with Crippen LogP contribution in [0.15, 0.2) is 48.7 Å². The van der Waals surface area contributed by atoms with Crippen LogP contribution in [0, 0.1) is 6.92 Å². The van der Waals surface area contributed by atoms with E-state index in [1.54, 1.807) is 6.20 Å². The van der Waals surface area contributed by atoms with Crippen molar-refractivity contribution >= 4 is 30.7 Å². The molecule has 0 saturated heterocycles. The van der Waals surface area contributed by atoms with E-state index in [0.29, 0.717) is 13.0 Å². The zero-order valence-electron chi connectivity index (χ0n) is 12.4. The second-order valence-corrected chi connectivity index (χ2v) is 4.82. The molecule has 0 radical (unpaired) electrons. The molecule has 0 bridgehead atoms. The highest BCUT2D eigenvalue weighted by Crippen LogP contribution is 2.03. The average Bonchev–Trinajstić information content (AvgIpc) is 2.47. The Labute approximate surface area is 143 Å². The zero-order valence-corrected chi connectivity index (χ0v) is 14.0. The maximum Gasteiger partial charge on any atom is 0.237 e. The molecule has 1 aromatic heterocycles. The molecular formula is C16H21Cl2N3O. The number of carbonyl (C=O) groups is 1. The molecule has 1 atom stereocenters. The van der Waals surface area contributed by atoms with Gasteiger partial charge in [-0.25, -0.2) is 0 Å². The van der Waals surface area contributed by atoms with Gasteiger partial charge in [-0.1, -0.05) is 36.4 Å². The lowest BCUT2D eigenvalue weighted by Gasteiger charge is -2.12. The normalized spacial score (nSPS) is 10.8. The highest BCUT2D eigenvalue weighted by Gasteiger charge is 2.13. The van der Waals surface area contributed by atoms with Gasteiger partial charge in [-0.05, 0) is 30.5 Å². The van der Waals surface area contributed by atoms with Crippen molar-refractivity contribution in [2.75, 3.05) is 0 Å². The van der Waals surface area contributed by atoms with Crippen LogP contribution in [0.3, 0.4) is 0 Å². The molecule has 2 rings (SSSR count). The number of hydrogen-bond donors (Lipinski definition) is 2. The van der Waals surface area contributed by atoms with Crippen molar-refractivity contribution < 1.29 is 4.79 Å². The molecule has 1 amide bonds. The van der Waals surface area contributed by atoms with E-state index in [2.05, 4.69) is 10.3 Å². The number of nitrogens with zero attached hydrogens (tertiary/aromatic N) is 1. The Bertz CT molecular complexity index is 561. The van der Waals surface area contributed by atoms with E-state index in [0.717, 1.165) is 16.8 Å². The lowest BCUT2D eigenvalue weighted by Crippen LogP contribution is -2.41. The summed E-state index contributed by atoms with van der Waals surface area (Å²) in [5.41, 5.74) is 8.90. The van der Waals surface area contributed by atoms with E-state index in [1.807, 2.05) is 49.4 Å². The summed E-state index contributed by atoms with van der Waals surface area (Å²) in [6.45, 7) is 2.38. The molecule has 4 nitrogen and oxygen atoms in total. The molecule has 120 valence electrons. The fourth-order valence-electron chi connectivity index (χ4n) is 1.88. The van der Waals surface area contributed by atoms with Gasteiger partial charge in [0.2, 0.25) is 5.91 Å². The molecule has 22 heavy (non-hydrogen) atoms. The van der Waals surface area contributed by atoms with Gasteiger partial charge in [-0.3, -0.25) is 9.78 Å². The molecule has 0 spiro atoms. The summed E-state index contributed by atoms with van der Waals surface area (Å²) in [4.78, 5) is 16.1. The van der Waals surface area contributed by atoms with Crippen molar-refractivity contribution in [3.8, 4) is 0 Å². The van der Waals surface area contributed by atoms with Crippen LogP contribution in [-0.2, 0) is 17.8 Å². The highest BCUT2D eigenvalue weighted by atomic mass is 35.5. The van der Waals surface area contributed by atoms with Crippen LogP contribution in [0.25, 0.3) is 0 Å². The number of amides is 1. The van der Waals surface area contributed by atoms with E-state index in [4.69, 9.17) is 5.73 Å². The summed E-state index contributed by atoms with van der Waals surface area (Å²) in [6, 6.07) is 13.1. The third-order valence-electron chi connectivity index (χ3n) is 3.07. The summed E-state index contributed by atoms with van der Waals surface area (Å²) in [7, 11) is 0. The van der Waals surface area contributed by atoms with E-state index in [1.165, 1.54) is 0 Å². The van der Waals surface area contributed by atoms with E-state index < -0.39 is 6.04 Å². The van der Waals surface area contributed by atoms with Crippen LogP contribution in [0.5, 0.6) is 0 Å². The van der Waals surface area contributed by atoms with Crippen molar-refractivity contribution in [1.29, 1.82) is 0 Å². The molecule has 2 aromatic rings. The van der Waals surface area contributed by atoms with Gasteiger partial charge < -0.3 is 11.1 Å². The highest BCUT2D eigenvalue weighted by molar-refractivity contribution is 5.85. The first-order valence-corrected chi connectivity index (χ1v) is 6.64. The molecule has 0 aliphatic heterocycles. The lowest BCUT2D eigenvalue weighted by molar-refractivity contribution is -0.122. The van der Waals surface area contributed by atoms with Gasteiger partial charge in [0.1, 0.15) is 0 Å². The van der Waals surface area contributed by atoms with Gasteiger partial charge in [0.05, 0.1) is 6.04 Å². The van der Waals surface area contributed by atoms with Crippen LogP contribution in [-0.4, -0.2) is 16.9 Å². The van der Waals surface area contributed by atoms with Crippen LogP contribution < -0.4 is 11.1 Å². The quantitative estimate of drug-likeness (QED) is 0.877. The van der Waals surface area contributed by atoms with Crippen LogP contribution in [0.4, 0.5) is 0 Å². The third-order valence-corrected chi connectivity index (χ3v) is 3.07. The first-order chi connectivity index (χ1) is 9.65. The minimum absolute atomic E-state index is 0. The number of benzene rings is 1. The Morgan fingerprint density at radius 1 is 1.14 bits per heavy atom. The second kappa shape index (κ2) is 10.2. The molecule has 0 aliphatic carbocycles. The molecule has 0 aliphatic rings. The Morgan fingerprint density at radius 3 is 2.41 bits per heavy atom. The zero-order chi connectivity index (χ0) is 14.4. The van der Waals surface area contributed by atoms with Gasteiger partial charge in [0, 0.05) is 18.4 Å². The summed E-state index contributed by atoms with van der Waals surface area (Å²) >= 11 is 0. The Kier molecular flexibility index (Phi) is 9.42. The third kappa shape index (κ3) is 6.43. The monoisotopic (exact) mass is 341 g/mol.